The van der Waals surface area contributed by atoms with Crippen molar-refractivity contribution in [3.05, 3.63) is 150 Å². The second-order valence-corrected chi connectivity index (χ2v) is 12.1. The number of carbonyl (C=O) groups excluding carboxylic acids is 4. The zero-order chi connectivity index (χ0) is 37.6. The second-order valence-electron chi connectivity index (χ2n) is 12.1. The number of esters is 2. The van der Waals surface area contributed by atoms with Crippen LogP contribution < -0.4 is 9.47 Å². The maximum atomic E-state index is 13.5. The number of nitrogens with zero attached hydrogens (tertiary/aromatic N) is 4. The first-order valence-corrected chi connectivity index (χ1v) is 16.7. The molecular weight excluding hydrogens is 684 g/mol. The Kier molecular flexibility index (Phi) is 9.89. The third-order valence-corrected chi connectivity index (χ3v) is 8.23. The van der Waals surface area contributed by atoms with Crippen LogP contribution in [0, 0.1) is 0 Å². The van der Waals surface area contributed by atoms with Crippen molar-refractivity contribution >= 4 is 29.6 Å². The number of hydrogen-bond donors (Lipinski definition) is 2. The Morgan fingerprint density at radius 2 is 1.02 bits per heavy atom. The molecule has 0 saturated heterocycles. The molecule has 12 nitrogen and oxygen atoms in total. The van der Waals surface area contributed by atoms with Gasteiger partial charge < -0.3 is 9.47 Å². The lowest BCUT2D eigenvalue weighted by Gasteiger charge is -2.12. The molecule has 7 aromatic rings. The minimum absolute atomic E-state index is 0.0257. The number of ketones is 2. The number of H-pyrrole nitrogens is 2. The molecule has 5 aromatic carbocycles. The van der Waals surface area contributed by atoms with Gasteiger partial charge in [-0.2, -0.15) is 10.2 Å². The van der Waals surface area contributed by atoms with E-state index in [1.807, 2.05) is 60.7 Å². The molecule has 2 heterocycles. The molecule has 0 aliphatic heterocycles. The highest BCUT2D eigenvalue weighted by molar-refractivity contribution is 6.21. The summed E-state index contributed by atoms with van der Waals surface area (Å²) in [6.45, 7) is 2.51. The number of allylic oxidation sites excluding steroid dienone is 1. The normalized spacial score (nSPS) is 10.7. The summed E-state index contributed by atoms with van der Waals surface area (Å²) in [6, 6.07) is 36.5. The Hall–Kier alpha value is -7.60. The molecule has 0 spiro atoms. The molecular formula is C42H30N6O6. The summed E-state index contributed by atoms with van der Waals surface area (Å²) >= 11 is 0. The number of benzene rings is 5. The summed E-state index contributed by atoms with van der Waals surface area (Å²) in [5.41, 5.74) is 3.35. The van der Waals surface area contributed by atoms with Crippen LogP contribution in [0.15, 0.2) is 133 Å². The molecule has 54 heavy (non-hydrogen) atoms. The van der Waals surface area contributed by atoms with E-state index in [9.17, 15) is 19.2 Å². The molecule has 0 atom stereocenters. The van der Waals surface area contributed by atoms with Gasteiger partial charge in [-0.3, -0.25) is 19.8 Å². The van der Waals surface area contributed by atoms with Crippen LogP contribution in [0.3, 0.4) is 0 Å². The highest BCUT2D eigenvalue weighted by Gasteiger charge is 2.19. The van der Waals surface area contributed by atoms with Crippen LogP contribution >= 0.6 is 0 Å². The molecule has 0 unspecified atom stereocenters. The topological polar surface area (TPSA) is 170 Å². The molecule has 0 aliphatic carbocycles. The first kappa shape index (κ1) is 34.8. The van der Waals surface area contributed by atoms with Crippen molar-refractivity contribution in [2.45, 2.75) is 13.8 Å². The zero-order valence-corrected chi connectivity index (χ0v) is 28.9. The SMILES string of the molecule is CC(=O)C(=Cc1cc(OC(=O)c2cccc(-c3nc(-c4ccccc4)n[nH]3)c2)ccc1OC(=O)c1cccc(-c2nc(-c3ccccc3)n[nH]2)c1)C(C)=O. The predicted octanol–water partition coefficient (Wildman–Crippen LogP) is 7.59. The number of hydrogen-bond acceptors (Lipinski definition) is 10. The smallest absolute Gasteiger partial charge is 0.343 e. The fraction of sp³-hybridized carbons (Fsp3) is 0.0476. The lowest BCUT2D eigenvalue weighted by molar-refractivity contribution is -0.119. The highest BCUT2D eigenvalue weighted by atomic mass is 16.5. The van der Waals surface area contributed by atoms with Gasteiger partial charge in [0.1, 0.15) is 11.5 Å². The average Bonchev–Trinajstić information content (AvgIpc) is 3.90. The van der Waals surface area contributed by atoms with Crippen LogP contribution in [0.4, 0.5) is 0 Å². The molecule has 7 rings (SSSR count). The quantitative estimate of drug-likeness (QED) is 0.0447. The molecule has 0 aliphatic rings. The van der Waals surface area contributed by atoms with Gasteiger partial charge in [-0.05, 0) is 62.4 Å². The van der Waals surface area contributed by atoms with Gasteiger partial charge in [0.2, 0.25) is 0 Å². The van der Waals surface area contributed by atoms with Crippen LogP contribution in [0.2, 0.25) is 0 Å². The summed E-state index contributed by atoms with van der Waals surface area (Å²) in [5.74, 6) is -0.345. The first-order chi connectivity index (χ1) is 26.2. The van der Waals surface area contributed by atoms with E-state index < -0.39 is 23.5 Å². The summed E-state index contributed by atoms with van der Waals surface area (Å²) in [6.07, 6.45) is 1.30. The van der Waals surface area contributed by atoms with Crippen molar-refractivity contribution < 1.29 is 28.7 Å². The summed E-state index contributed by atoms with van der Waals surface area (Å²) in [7, 11) is 0. The predicted molar refractivity (Wildman–Crippen MR) is 200 cm³/mol. The summed E-state index contributed by atoms with van der Waals surface area (Å²) in [4.78, 5) is 60.7. The molecule has 0 saturated carbocycles. The van der Waals surface area contributed by atoms with Crippen LogP contribution in [-0.4, -0.2) is 53.9 Å². The summed E-state index contributed by atoms with van der Waals surface area (Å²) in [5, 5.41) is 14.4. The minimum atomic E-state index is -0.717. The van der Waals surface area contributed by atoms with E-state index >= 15 is 0 Å². The maximum absolute atomic E-state index is 13.5. The number of nitrogens with one attached hydrogen (secondary N) is 2. The Morgan fingerprint density at radius 1 is 0.537 bits per heavy atom. The minimum Gasteiger partial charge on any atom is -0.423 e. The Labute approximate surface area is 308 Å². The van der Waals surface area contributed by atoms with E-state index in [4.69, 9.17) is 9.47 Å². The van der Waals surface area contributed by atoms with Crippen molar-refractivity contribution in [3.8, 4) is 57.1 Å². The summed E-state index contributed by atoms with van der Waals surface area (Å²) < 4.78 is 11.5. The van der Waals surface area contributed by atoms with Crippen LogP contribution in [-0.2, 0) is 9.59 Å². The van der Waals surface area contributed by atoms with Gasteiger partial charge in [-0.15, -0.1) is 0 Å². The standard InChI is InChI=1S/C42H30N6O6/c1-25(49)35(26(2)50)24-33-23-34(53-41(51)31-17-9-15-29(21-31)39-43-37(45-47-39)27-11-5-3-6-12-27)19-20-36(33)54-42(52)32-18-10-16-30(22-32)40-44-38(46-48-40)28-13-7-4-8-14-28/h3-24H,1-2H3,(H,43,45,47)(H,44,46,48). The van der Waals surface area contributed by atoms with Gasteiger partial charge in [0.15, 0.2) is 34.9 Å². The number of aromatic amines is 2. The molecule has 0 bridgehead atoms. The van der Waals surface area contributed by atoms with E-state index in [0.29, 0.717) is 34.4 Å². The molecule has 2 N–H and O–H groups in total. The Balaban J connectivity index is 1.13. The fourth-order valence-corrected chi connectivity index (χ4v) is 5.53. The van der Waals surface area contributed by atoms with Gasteiger partial charge >= 0.3 is 11.9 Å². The highest BCUT2D eigenvalue weighted by Crippen LogP contribution is 2.30. The molecule has 0 radical (unpaired) electrons. The largest absolute Gasteiger partial charge is 0.423 e. The van der Waals surface area contributed by atoms with Gasteiger partial charge in [-0.1, -0.05) is 84.9 Å². The van der Waals surface area contributed by atoms with Crippen molar-refractivity contribution in [2.75, 3.05) is 0 Å². The molecule has 0 amide bonds. The number of rotatable bonds is 11. The molecule has 0 fully saturated rings. The van der Waals surface area contributed by atoms with Crippen LogP contribution in [0.1, 0.15) is 40.1 Å². The zero-order valence-electron chi connectivity index (χ0n) is 28.9. The fourth-order valence-electron chi connectivity index (χ4n) is 5.53. The van der Waals surface area contributed by atoms with Crippen LogP contribution in [0.25, 0.3) is 51.6 Å². The van der Waals surface area contributed by atoms with E-state index in [-0.39, 0.29) is 33.8 Å². The van der Waals surface area contributed by atoms with Crippen molar-refractivity contribution in [1.29, 1.82) is 0 Å². The van der Waals surface area contributed by atoms with Crippen molar-refractivity contribution in [3.63, 3.8) is 0 Å². The lowest BCUT2D eigenvalue weighted by Crippen LogP contribution is -2.11. The van der Waals surface area contributed by atoms with Gasteiger partial charge in [0, 0.05) is 27.8 Å². The Morgan fingerprint density at radius 3 is 1.52 bits per heavy atom. The lowest BCUT2D eigenvalue weighted by atomic mass is 10.0. The van der Waals surface area contributed by atoms with Crippen molar-refractivity contribution in [2.24, 2.45) is 0 Å². The van der Waals surface area contributed by atoms with E-state index in [1.54, 1.807) is 48.5 Å². The van der Waals surface area contributed by atoms with E-state index in [0.717, 1.165) is 11.1 Å². The third kappa shape index (κ3) is 7.82. The Bertz CT molecular complexity index is 2540. The van der Waals surface area contributed by atoms with Gasteiger partial charge in [-0.25, -0.2) is 19.6 Å². The molecule has 2 aromatic heterocycles. The third-order valence-electron chi connectivity index (χ3n) is 8.23. The monoisotopic (exact) mass is 714 g/mol. The average molecular weight is 715 g/mol. The molecule has 12 heteroatoms. The van der Waals surface area contributed by atoms with Gasteiger partial charge in [0.25, 0.3) is 0 Å². The number of carbonyl (C=O) groups is 4. The maximum Gasteiger partial charge on any atom is 0.343 e. The van der Waals surface area contributed by atoms with E-state index in [1.165, 1.54) is 38.1 Å². The number of ether oxygens (including phenoxy) is 2. The van der Waals surface area contributed by atoms with Crippen molar-refractivity contribution in [1.82, 2.24) is 30.4 Å². The van der Waals surface area contributed by atoms with Gasteiger partial charge in [0.05, 0.1) is 16.7 Å². The van der Waals surface area contributed by atoms with E-state index in [2.05, 4.69) is 30.4 Å². The number of aromatic nitrogens is 6. The van der Waals surface area contributed by atoms with Crippen LogP contribution in [0.5, 0.6) is 11.5 Å². The number of Topliss-reactive ketones (excluding diaryl/α,β-unsaturated/α-hetero) is 2. The second kappa shape index (κ2) is 15.3. The molecule has 264 valence electrons. The first-order valence-electron chi connectivity index (χ1n) is 16.7.